The molecule has 1 saturated heterocycles. The van der Waals surface area contributed by atoms with Gasteiger partial charge in [-0.25, -0.2) is 9.97 Å². The van der Waals surface area contributed by atoms with Crippen LogP contribution in [-0.4, -0.2) is 47.5 Å². The van der Waals surface area contributed by atoms with Crippen LogP contribution in [0.5, 0.6) is 0 Å². The highest BCUT2D eigenvalue weighted by molar-refractivity contribution is 6.29. The standard InChI is InChI=1S/C11H16ClN3O2/c1-2-10-13-9(12)5-11(14-10)15-3-4-17-8(6-15)7-16/h5,8,16H,2-4,6-7H2,1H3. The maximum atomic E-state index is 9.10. The zero-order valence-corrected chi connectivity index (χ0v) is 10.5. The minimum absolute atomic E-state index is 0.0238. The van der Waals surface area contributed by atoms with Gasteiger partial charge in [-0.15, -0.1) is 0 Å². The molecule has 1 aliphatic heterocycles. The van der Waals surface area contributed by atoms with E-state index in [4.69, 9.17) is 21.4 Å². The second-order valence-electron chi connectivity index (χ2n) is 3.94. The van der Waals surface area contributed by atoms with Gasteiger partial charge in [0.25, 0.3) is 0 Å². The van der Waals surface area contributed by atoms with Crippen LogP contribution in [0.1, 0.15) is 12.7 Å². The summed E-state index contributed by atoms with van der Waals surface area (Å²) < 4.78 is 5.40. The second kappa shape index (κ2) is 5.62. The summed E-state index contributed by atoms with van der Waals surface area (Å²) in [5.74, 6) is 1.54. The largest absolute Gasteiger partial charge is 0.394 e. The normalized spacial score (nSPS) is 20.6. The van der Waals surface area contributed by atoms with Crippen LogP contribution in [0.15, 0.2) is 6.07 Å². The molecule has 0 radical (unpaired) electrons. The first kappa shape index (κ1) is 12.5. The van der Waals surface area contributed by atoms with Crippen LogP contribution in [0, 0.1) is 0 Å². The summed E-state index contributed by atoms with van der Waals surface area (Å²) in [4.78, 5) is 10.6. The van der Waals surface area contributed by atoms with Crippen LogP contribution < -0.4 is 4.90 Å². The van der Waals surface area contributed by atoms with Gasteiger partial charge in [-0.2, -0.15) is 0 Å². The molecule has 1 fully saturated rings. The lowest BCUT2D eigenvalue weighted by Gasteiger charge is -2.33. The van der Waals surface area contributed by atoms with Crippen molar-refractivity contribution in [3.8, 4) is 0 Å². The Kier molecular flexibility index (Phi) is 4.15. The minimum Gasteiger partial charge on any atom is -0.394 e. The van der Waals surface area contributed by atoms with Gasteiger partial charge in [0.05, 0.1) is 19.3 Å². The summed E-state index contributed by atoms with van der Waals surface area (Å²) in [5.41, 5.74) is 0. The highest BCUT2D eigenvalue weighted by Crippen LogP contribution is 2.19. The Hall–Kier alpha value is -0.910. The number of morpholine rings is 1. The number of aliphatic hydroxyl groups excluding tert-OH is 1. The van der Waals surface area contributed by atoms with Crippen molar-refractivity contribution < 1.29 is 9.84 Å². The molecule has 0 bridgehead atoms. The fraction of sp³-hybridized carbons (Fsp3) is 0.636. The smallest absolute Gasteiger partial charge is 0.134 e. The first-order chi connectivity index (χ1) is 8.22. The van der Waals surface area contributed by atoms with E-state index in [0.29, 0.717) is 18.3 Å². The summed E-state index contributed by atoms with van der Waals surface area (Å²) in [7, 11) is 0. The first-order valence-corrected chi connectivity index (χ1v) is 6.11. The molecule has 2 heterocycles. The molecule has 6 heteroatoms. The average Bonchev–Trinajstić information content (AvgIpc) is 2.38. The van der Waals surface area contributed by atoms with E-state index in [9.17, 15) is 0 Å². The van der Waals surface area contributed by atoms with Crippen molar-refractivity contribution in [1.29, 1.82) is 0 Å². The maximum absolute atomic E-state index is 9.10. The maximum Gasteiger partial charge on any atom is 0.134 e. The van der Waals surface area contributed by atoms with Crippen LogP contribution in [0.2, 0.25) is 5.15 Å². The molecule has 0 aliphatic carbocycles. The van der Waals surface area contributed by atoms with Crippen LogP contribution in [-0.2, 0) is 11.2 Å². The van der Waals surface area contributed by atoms with E-state index in [1.54, 1.807) is 6.07 Å². The Morgan fingerprint density at radius 1 is 1.59 bits per heavy atom. The Balaban J connectivity index is 2.18. The number of aryl methyl sites for hydroxylation is 1. The lowest BCUT2D eigenvalue weighted by Crippen LogP contribution is -2.44. The number of hydrogen-bond donors (Lipinski definition) is 1. The molecule has 0 amide bonds. The Morgan fingerprint density at radius 3 is 3.12 bits per heavy atom. The topological polar surface area (TPSA) is 58.5 Å². The number of hydrogen-bond acceptors (Lipinski definition) is 5. The molecule has 94 valence electrons. The van der Waals surface area contributed by atoms with E-state index in [-0.39, 0.29) is 12.7 Å². The number of aromatic nitrogens is 2. The van der Waals surface area contributed by atoms with Crippen molar-refractivity contribution in [2.45, 2.75) is 19.4 Å². The van der Waals surface area contributed by atoms with Gasteiger partial charge in [-0.05, 0) is 0 Å². The molecule has 1 unspecified atom stereocenters. The van der Waals surface area contributed by atoms with E-state index in [1.807, 2.05) is 6.92 Å². The van der Waals surface area contributed by atoms with Crippen LogP contribution >= 0.6 is 11.6 Å². The zero-order chi connectivity index (χ0) is 12.3. The number of rotatable bonds is 3. The summed E-state index contributed by atoms with van der Waals surface area (Å²) >= 11 is 5.96. The molecule has 2 rings (SSSR count). The van der Waals surface area contributed by atoms with Gasteiger partial charge in [0, 0.05) is 25.6 Å². The highest BCUT2D eigenvalue weighted by atomic mass is 35.5. The highest BCUT2D eigenvalue weighted by Gasteiger charge is 2.21. The van der Waals surface area contributed by atoms with E-state index in [0.717, 1.165) is 24.6 Å². The number of ether oxygens (including phenoxy) is 1. The Labute approximate surface area is 105 Å². The average molecular weight is 258 g/mol. The number of aliphatic hydroxyl groups is 1. The van der Waals surface area contributed by atoms with Crippen molar-refractivity contribution in [2.75, 3.05) is 31.2 Å². The van der Waals surface area contributed by atoms with E-state index < -0.39 is 0 Å². The molecule has 17 heavy (non-hydrogen) atoms. The van der Waals surface area contributed by atoms with Gasteiger partial charge < -0.3 is 14.7 Å². The second-order valence-corrected chi connectivity index (χ2v) is 4.33. The molecule has 1 aliphatic rings. The lowest BCUT2D eigenvalue weighted by molar-refractivity contribution is 0.00335. The fourth-order valence-corrected chi connectivity index (χ4v) is 2.00. The quantitative estimate of drug-likeness (QED) is 0.815. The molecule has 1 N–H and O–H groups in total. The SMILES string of the molecule is CCc1nc(Cl)cc(N2CCOC(CO)C2)n1. The molecule has 1 aromatic heterocycles. The van der Waals surface area contributed by atoms with Crippen LogP contribution in [0.3, 0.4) is 0 Å². The fourth-order valence-electron chi connectivity index (χ4n) is 1.81. The third kappa shape index (κ3) is 3.06. The van der Waals surface area contributed by atoms with Crippen LogP contribution in [0.4, 0.5) is 5.82 Å². The van der Waals surface area contributed by atoms with Gasteiger partial charge in [-0.1, -0.05) is 18.5 Å². The molecular formula is C11H16ClN3O2. The molecule has 0 spiro atoms. The lowest BCUT2D eigenvalue weighted by atomic mass is 10.3. The first-order valence-electron chi connectivity index (χ1n) is 5.73. The molecule has 1 aromatic rings. The molecular weight excluding hydrogens is 242 g/mol. The third-order valence-corrected chi connectivity index (χ3v) is 2.90. The van der Waals surface area contributed by atoms with Gasteiger partial charge in [0.15, 0.2) is 0 Å². The Bertz CT molecular complexity index is 389. The molecule has 5 nitrogen and oxygen atoms in total. The van der Waals surface area contributed by atoms with E-state index in [1.165, 1.54) is 0 Å². The summed E-state index contributed by atoms with van der Waals surface area (Å²) in [6.07, 6.45) is 0.601. The minimum atomic E-state index is -0.150. The van der Waals surface area contributed by atoms with Crippen molar-refractivity contribution in [3.05, 3.63) is 17.0 Å². The number of nitrogens with zero attached hydrogens (tertiary/aromatic N) is 3. The molecule has 0 aromatic carbocycles. The Morgan fingerprint density at radius 2 is 2.41 bits per heavy atom. The van der Waals surface area contributed by atoms with E-state index in [2.05, 4.69) is 14.9 Å². The predicted octanol–water partition coefficient (Wildman–Crippen LogP) is 0.890. The third-order valence-electron chi connectivity index (χ3n) is 2.71. The number of anilines is 1. The predicted molar refractivity (Wildman–Crippen MR) is 65.5 cm³/mol. The van der Waals surface area contributed by atoms with Crippen LogP contribution in [0.25, 0.3) is 0 Å². The summed E-state index contributed by atoms with van der Waals surface area (Å²) in [5, 5.41) is 9.56. The summed E-state index contributed by atoms with van der Waals surface area (Å²) in [6.45, 7) is 4.00. The van der Waals surface area contributed by atoms with Gasteiger partial charge in [0.2, 0.25) is 0 Å². The van der Waals surface area contributed by atoms with E-state index >= 15 is 0 Å². The van der Waals surface area contributed by atoms with Gasteiger partial charge in [-0.3, -0.25) is 0 Å². The summed E-state index contributed by atoms with van der Waals surface area (Å²) in [6, 6.07) is 1.75. The zero-order valence-electron chi connectivity index (χ0n) is 9.77. The van der Waals surface area contributed by atoms with Gasteiger partial charge in [0.1, 0.15) is 16.8 Å². The van der Waals surface area contributed by atoms with Crippen molar-refractivity contribution in [1.82, 2.24) is 9.97 Å². The number of halogens is 1. The monoisotopic (exact) mass is 257 g/mol. The molecule has 1 atom stereocenters. The van der Waals surface area contributed by atoms with Gasteiger partial charge >= 0.3 is 0 Å². The van der Waals surface area contributed by atoms with Crippen molar-refractivity contribution in [2.24, 2.45) is 0 Å². The van der Waals surface area contributed by atoms with Crippen molar-refractivity contribution in [3.63, 3.8) is 0 Å². The molecule has 0 saturated carbocycles. The van der Waals surface area contributed by atoms with Crippen molar-refractivity contribution >= 4 is 17.4 Å².